The third-order valence-electron chi connectivity index (χ3n) is 4.64. The maximum absolute atomic E-state index is 12.7. The number of aromatic nitrogens is 2. The average molecular weight is 355 g/mol. The molecule has 2 amide bonds. The van der Waals surface area contributed by atoms with Crippen LogP contribution in [0.5, 0.6) is 0 Å². The van der Waals surface area contributed by atoms with Crippen molar-refractivity contribution >= 4 is 22.7 Å². The summed E-state index contributed by atoms with van der Waals surface area (Å²) in [6.45, 7) is 2.71. The van der Waals surface area contributed by atoms with Crippen LogP contribution in [0.1, 0.15) is 17.4 Å². The Morgan fingerprint density at radius 2 is 2.27 bits per heavy atom. The molecule has 3 atom stereocenters. The molecule has 0 bridgehead atoms. The molecule has 0 aromatic carbocycles. The number of amides is 2. The van der Waals surface area contributed by atoms with Gasteiger partial charge in [-0.05, 0) is 19.1 Å². The number of aryl methyl sites for hydroxylation is 1. The Labute approximate surface area is 151 Å². The second-order valence-electron chi connectivity index (χ2n) is 6.50. The van der Waals surface area contributed by atoms with E-state index in [1.807, 2.05) is 36.0 Å². The van der Waals surface area contributed by atoms with Crippen LogP contribution in [0.2, 0.25) is 0 Å². The number of rotatable bonds is 5. The molecular formula is C18H21N5O3. The SMILES string of the molecule is CC(C#N)C(=O)NC[C@@H]1COC[C@H]1NC(=O)c1nccc2ccn(C)c12. The van der Waals surface area contributed by atoms with Crippen molar-refractivity contribution in [2.45, 2.75) is 13.0 Å². The first-order valence-electron chi connectivity index (χ1n) is 8.47. The Balaban J connectivity index is 1.67. The van der Waals surface area contributed by atoms with E-state index in [1.54, 1.807) is 13.1 Å². The molecule has 1 saturated heterocycles. The molecule has 8 nitrogen and oxygen atoms in total. The molecule has 1 fully saturated rings. The van der Waals surface area contributed by atoms with Gasteiger partial charge >= 0.3 is 0 Å². The lowest BCUT2D eigenvalue weighted by molar-refractivity contribution is -0.123. The number of pyridine rings is 1. The lowest BCUT2D eigenvalue weighted by atomic mass is 10.0. The van der Waals surface area contributed by atoms with Crippen molar-refractivity contribution in [3.8, 4) is 6.07 Å². The molecular weight excluding hydrogens is 334 g/mol. The molecule has 0 spiro atoms. The first-order valence-corrected chi connectivity index (χ1v) is 8.47. The summed E-state index contributed by atoms with van der Waals surface area (Å²) in [5.41, 5.74) is 1.14. The summed E-state index contributed by atoms with van der Waals surface area (Å²) in [6.07, 6.45) is 3.50. The molecule has 0 saturated carbocycles. The Hall–Kier alpha value is -2.92. The highest BCUT2D eigenvalue weighted by molar-refractivity contribution is 6.04. The van der Waals surface area contributed by atoms with Crippen LogP contribution in [-0.4, -0.2) is 47.2 Å². The van der Waals surface area contributed by atoms with E-state index in [9.17, 15) is 9.59 Å². The number of nitrogens with one attached hydrogen (secondary N) is 2. The van der Waals surface area contributed by atoms with Crippen molar-refractivity contribution in [2.75, 3.05) is 19.8 Å². The van der Waals surface area contributed by atoms with Crippen LogP contribution >= 0.6 is 0 Å². The van der Waals surface area contributed by atoms with E-state index in [1.165, 1.54) is 0 Å². The molecule has 8 heteroatoms. The zero-order valence-corrected chi connectivity index (χ0v) is 14.7. The highest BCUT2D eigenvalue weighted by Gasteiger charge is 2.31. The van der Waals surface area contributed by atoms with Crippen molar-refractivity contribution in [3.63, 3.8) is 0 Å². The van der Waals surface area contributed by atoms with Gasteiger partial charge < -0.3 is 19.9 Å². The number of carbonyl (C=O) groups is 2. The van der Waals surface area contributed by atoms with Gasteiger partial charge in [0.2, 0.25) is 5.91 Å². The molecule has 3 rings (SSSR count). The molecule has 2 aromatic heterocycles. The Kier molecular flexibility index (Phi) is 5.19. The lowest BCUT2D eigenvalue weighted by Crippen LogP contribution is -2.45. The van der Waals surface area contributed by atoms with Crippen LogP contribution in [0, 0.1) is 23.2 Å². The minimum atomic E-state index is -0.704. The minimum Gasteiger partial charge on any atom is -0.379 e. The molecule has 2 N–H and O–H groups in total. The number of ether oxygens (including phenoxy) is 1. The van der Waals surface area contributed by atoms with Crippen molar-refractivity contribution in [1.82, 2.24) is 20.2 Å². The van der Waals surface area contributed by atoms with Crippen LogP contribution < -0.4 is 10.6 Å². The highest BCUT2D eigenvalue weighted by atomic mass is 16.5. The van der Waals surface area contributed by atoms with Gasteiger partial charge in [-0.15, -0.1) is 0 Å². The van der Waals surface area contributed by atoms with Gasteiger partial charge in [-0.3, -0.25) is 9.59 Å². The van der Waals surface area contributed by atoms with E-state index in [0.717, 1.165) is 10.9 Å². The van der Waals surface area contributed by atoms with E-state index in [-0.39, 0.29) is 23.8 Å². The summed E-state index contributed by atoms with van der Waals surface area (Å²) >= 11 is 0. The molecule has 26 heavy (non-hydrogen) atoms. The number of nitrogens with zero attached hydrogens (tertiary/aromatic N) is 3. The number of hydrogen-bond acceptors (Lipinski definition) is 5. The molecule has 0 radical (unpaired) electrons. The monoisotopic (exact) mass is 355 g/mol. The highest BCUT2D eigenvalue weighted by Crippen LogP contribution is 2.19. The van der Waals surface area contributed by atoms with Crippen LogP contribution in [-0.2, 0) is 16.6 Å². The summed E-state index contributed by atoms with van der Waals surface area (Å²) in [6, 6.07) is 5.47. The van der Waals surface area contributed by atoms with Crippen LogP contribution in [0.3, 0.4) is 0 Å². The van der Waals surface area contributed by atoms with Gasteiger partial charge in [0.25, 0.3) is 5.91 Å². The number of carbonyl (C=O) groups excluding carboxylic acids is 2. The van der Waals surface area contributed by atoms with Crippen molar-refractivity contribution < 1.29 is 14.3 Å². The van der Waals surface area contributed by atoms with Gasteiger partial charge in [0.1, 0.15) is 5.92 Å². The molecule has 2 aromatic rings. The molecule has 1 unspecified atom stereocenters. The second-order valence-corrected chi connectivity index (χ2v) is 6.50. The largest absolute Gasteiger partial charge is 0.379 e. The van der Waals surface area contributed by atoms with E-state index < -0.39 is 5.92 Å². The van der Waals surface area contributed by atoms with Gasteiger partial charge in [-0.25, -0.2) is 4.98 Å². The average Bonchev–Trinajstić information content (AvgIpc) is 3.25. The predicted octanol–water partition coefficient (Wildman–Crippen LogP) is 0.594. The summed E-state index contributed by atoms with van der Waals surface area (Å²) in [7, 11) is 1.87. The second kappa shape index (κ2) is 7.54. The first-order chi connectivity index (χ1) is 12.5. The fourth-order valence-electron chi connectivity index (χ4n) is 3.05. The molecule has 136 valence electrons. The van der Waals surface area contributed by atoms with Crippen LogP contribution in [0.15, 0.2) is 24.5 Å². The fourth-order valence-corrected chi connectivity index (χ4v) is 3.05. The summed E-state index contributed by atoms with van der Waals surface area (Å²) < 4.78 is 7.33. The quantitative estimate of drug-likeness (QED) is 0.816. The smallest absolute Gasteiger partial charge is 0.272 e. The maximum atomic E-state index is 12.7. The van der Waals surface area contributed by atoms with Crippen LogP contribution in [0.25, 0.3) is 10.9 Å². The third kappa shape index (κ3) is 3.53. The summed E-state index contributed by atoms with van der Waals surface area (Å²) in [5, 5.41) is 15.4. The van der Waals surface area contributed by atoms with Crippen molar-refractivity contribution in [1.29, 1.82) is 5.26 Å². The zero-order valence-electron chi connectivity index (χ0n) is 14.7. The van der Waals surface area contributed by atoms with Gasteiger partial charge in [0.05, 0.1) is 30.8 Å². The minimum absolute atomic E-state index is 0.0543. The number of fused-ring (bicyclic) bond motifs is 1. The standard InChI is InChI=1S/C18H21N5O3/c1-11(7-19)17(24)21-8-13-9-26-10-14(13)22-18(25)15-16-12(3-5-20-15)4-6-23(16)2/h3-6,11,13-14H,8-10H2,1-2H3,(H,21,24)(H,22,25)/t11?,13-,14-/m1/s1. The van der Waals surface area contributed by atoms with Gasteiger partial charge in [-0.2, -0.15) is 5.26 Å². The van der Waals surface area contributed by atoms with Crippen molar-refractivity contribution in [3.05, 3.63) is 30.2 Å². The molecule has 1 aliphatic rings. The summed E-state index contributed by atoms with van der Waals surface area (Å²) in [4.78, 5) is 28.7. The Morgan fingerprint density at radius 1 is 1.46 bits per heavy atom. The fraction of sp³-hybridized carbons (Fsp3) is 0.444. The van der Waals surface area contributed by atoms with Gasteiger partial charge in [-0.1, -0.05) is 0 Å². The third-order valence-corrected chi connectivity index (χ3v) is 4.64. The number of hydrogen-bond donors (Lipinski definition) is 2. The van der Waals surface area contributed by atoms with E-state index >= 15 is 0 Å². The zero-order chi connectivity index (χ0) is 18.7. The number of nitriles is 1. The summed E-state index contributed by atoms with van der Waals surface area (Å²) in [5.74, 6) is -1.35. The van der Waals surface area contributed by atoms with Crippen LogP contribution in [0.4, 0.5) is 0 Å². The molecule has 0 aliphatic carbocycles. The van der Waals surface area contributed by atoms with E-state index in [4.69, 9.17) is 10.00 Å². The topological polar surface area (TPSA) is 109 Å². The Bertz CT molecular complexity index is 869. The lowest BCUT2D eigenvalue weighted by Gasteiger charge is -2.20. The van der Waals surface area contributed by atoms with Crippen molar-refractivity contribution in [2.24, 2.45) is 18.9 Å². The predicted molar refractivity (Wildman–Crippen MR) is 94.1 cm³/mol. The normalized spacial score (nSPS) is 20.5. The van der Waals surface area contributed by atoms with E-state index in [2.05, 4.69) is 15.6 Å². The molecule has 1 aliphatic heterocycles. The maximum Gasteiger partial charge on any atom is 0.272 e. The first kappa shape index (κ1) is 17.9. The van der Waals surface area contributed by atoms with E-state index in [0.29, 0.717) is 25.5 Å². The van der Waals surface area contributed by atoms with Gasteiger partial charge in [0, 0.05) is 37.3 Å². The molecule has 3 heterocycles. The van der Waals surface area contributed by atoms with Gasteiger partial charge in [0.15, 0.2) is 5.69 Å². The Morgan fingerprint density at radius 3 is 3.04 bits per heavy atom.